The molecule has 2 amide bonds. The summed E-state index contributed by atoms with van der Waals surface area (Å²) in [5.74, 6) is 0. The summed E-state index contributed by atoms with van der Waals surface area (Å²) in [5, 5.41) is 2.36. The highest BCUT2D eigenvalue weighted by molar-refractivity contribution is 7.91. The number of amides is 2. The van der Waals surface area contributed by atoms with Crippen LogP contribution in [0.25, 0.3) is 0 Å². The SMILES string of the molecule is CN(C(=O)NCc1ccncc1)C1CCCC1S(C)(=O)=O. The Bertz CT molecular complexity index is 589. The van der Waals surface area contributed by atoms with E-state index >= 15 is 0 Å². The molecule has 1 N–H and O–H groups in total. The van der Waals surface area contributed by atoms with E-state index in [1.54, 1.807) is 19.4 Å². The summed E-state index contributed by atoms with van der Waals surface area (Å²) in [6, 6.07) is 3.18. The summed E-state index contributed by atoms with van der Waals surface area (Å²) in [7, 11) is -1.46. The quantitative estimate of drug-likeness (QED) is 0.906. The Morgan fingerprint density at radius 3 is 2.67 bits per heavy atom. The highest BCUT2D eigenvalue weighted by atomic mass is 32.2. The van der Waals surface area contributed by atoms with Crippen LogP contribution in [0.4, 0.5) is 4.79 Å². The van der Waals surface area contributed by atoms with Crippen LogP contribution in [0.3, 0.4) is 0 Å². The first kappa shape index (κ1) is 15.8. The minimum Gasteiger partial charge on any atom is -0.334 e. The molecule has 0 spiro atoms. The summed E-state index contributed by atoms with van der Waals surface area (Å²) in [6.07, 6.45) is 6.79. The molecule has 1 aliphatic carbocycles. The molecule has 2 atom stereocenters. The Balaban J connectivity index is 1.96. The fourth-order valence-corrected chi connectivity index (χ4v) is 4.29. The average Bonchev–Trinajstić information content (AvgIpc) is 2.94. The van der Waals surface area contributed by atoms with Crippen molar-refractivity contribution in [1.29, 1.82) is 0 Å². The molecule has 0 aliphatic heterocycles. The van der Waals surface area contributed by atoms with E-state index in [9.17, 15) is 13.2 Å². The summed E-state index contributed by atoms with van der Waals surface area (Å²) in [4.78, 5) is 17.6. The van der Waals surface area contributed by atoms with Crippen LogP contribution in [-0.4, -0.2) is 48.9 Å². The second kappa shape index (κ2) is 6.43. The Kier molecular flexibility index (Phi) is 4.82. The number of carbonyl (C=O) groups is 1. The Hall–Kier alpha value is -1.63. The largest absolute Gasteiger partial charge is 0.334 e. The third-order valence-electron chi connectivity index (χ3n) is 3.98. The van der Waals surface area contributed by atoms with Gasteiger partial charge in [-0.1, -0.05) is 0 Å². The molecular formula is C14H21N3O3S. The molecule has 7 heteroatoms. The van der Waals surface area contributed by atoms with Gasteiger partial charge in [0, 0.05) is 38.3 Å². The number of hydrogen-bond donors (Lipinski definition) is 1. The van der Waals surface area contributed by atoms with Gasteiger partial charge in [-0.25, -0.2) is 13.2 Å². The maximum Gasteiger partial charge on any atom is 0.317 e. The molecule has 1 saturated carbocycles. The first-order valence-electron chi connectivity index (χ1n) is 6.98. The van der Waals surface area contributed by atoms with E-state index in [0.29, 0.717) is 13.0 Å². The lowest BCUT2D eigenvalue weighted by atomic mass is 10.2. The number of sulfone groups is 1. The van der Waals surface area contributed by atoms with Crippen molar-refractivity contribution in [2.75, 3.05) is 13.3 Å². The molecule has 0 aromatic carbocycles. The number of hydrogen-bond acceptors (Lipinski definition) is 4. The van der Waals surface area contributed by atoms with Crippen LogP contribution in [0.5, 0.6) is 0 Å². The van der Waals surface area contributed by atoms with Crippen molar-refractivity contribution in [1.82, 2.24) is 15.2 Å². The smallest absolute Gasteiger partial charge is 0.317 e. The minimum absolute atomic E-state index is 0.238. The summed E-state index contributed by atoms with van der Waals surface area (Å²) in [5.41, 5.74) is 0.956. The Morgan fingerprint density at radius 2 is 2.05 bits per heavy atom. The highest BCUT2D eigenvalue weighted by Gasteiger charge is 2.38. The molecule has 6 nitrogen and oxygen atoms in total. The van der Waals surface area contributed by atoms with Crippen molar-refractivity contribution in [2.45, 2.75) is 37.1 Å². The predicted octanol–water partition coefficient (Wildman–Crippen LogP) is 1.19. The van der Waals surface area contributed by atoms with E-state index in [1.807, 2.05) is 12.1 Å². The van der Waals surface area contributed by atoms with Gasteiger partial charge in [-0.15, -0.1) is 0 Å². The molecule has 1 heterocycles. The van der Waals surface area contributed by atoms with Gasteiger partial charge in [-0.2, -0.15) is 0 Å². The lowest BCUT2D eigenvalue weighted by molar-refractivity contribution is 0.191. The molecule has 1 aliphatic rings. The van der Waals surface area contributed by atoms with Crippen LogP contribution in [0, 0.1) is 0 Å². The zero-order valence-electron chi connectivity index (χ0n) is 12.3. The molecule has 0 radical (unpaired) electrons. The van der Waals surface area contributed by atoms with Gasteiger partial charge in [0.2, 0.25) is 0 Å². The lowest BCUT2D eigenvalue weighted by Crippen LogP contribution is -2.48. The zero-order chi connectivity index (χ0) is 15.5. The van der Waals surface area contributed by atoms with Crippen molar-refractivity contribution < 1.29 is 13.2 Å². The van der Waals surface area contributed by atoms with Gasteiger partial charge in [0.25, 0.3) is 0 Å². The van der Waals surface area contributed by atoms with E-state index in [-0.39, 0.29) is 12.1 Å². The molecule has 2 rings (SSSR count). The van der Waals surface area contributed by atoms with Crippen molar-refractivity contribution in [3.63, 3.8) is 0 Å². The topological polar surface area (TPSA) is 79.4 Å². The number of rotatable bonds is 4. The lowest BCUT2D eigenvalue weighted by Gasteiger charge is -2.29. The van der Waals surface area contributed by atoms with Crippen LogP contribution in [0.1, 0.15) is 24.8 Å². The average molecular weight is 311 g/mol. The third-order valence-corrected chi connectivity index (χ3v) is 5.63. The minimum atomic E-state index is -3.13. The van der Waals surface area contributed by atoms with Gasteiger partial charge >= 0.3 is 6.03 Å². The van der Waals surface area contributed by atoms with Crippen LogP contribution in [0.15, 0.2) is 24.5 Å². The normalized spacial score (nSPS) is 22.0. The zero-order valence-corrected chi connectivity index (χ0v) is 13.1. The maximum atomic E-state index is 12.2. The monoisotopic (exact) mass is 311 g/mol. The molecule has 2 unspecified atom stereocenters. The summed E-state index contributed by atoms with van der Waals surface area (Å²) in [6.45, 7) is 0.405. The van der Waals surface area contributed by atoms with E-state index in [4.69, 9.17) is 0 Å². The molecule has 116 valence electrons. The van der Waals surface area contributed by atoms with Crippen molar-refractivity contribution in [2.24, 2.45) is 0 Å². The molecule has 0 saturated heterocycles. The number of aromatic nitrogens is 1. The van der Waals surface area contributed by atoms with Crippen molar-refractivity contribution in [3.8, 4) is 0 Å². The third kappa shape index (κ3) is 3.93. The fourth-order valence-electron chi connectivity index (χ4n) is 2.80. The number of nitrogens with zero attached hydrogens (tertiary/aromatic N) is 2. The molecule has 0 bridgehead atoms. The van der Waals surface area contributed by atoms with Crippen molar-refractivity contribution in [3.05, 3.63) is 30.1 Å². The van der Waals surface area contributed by atoms with Crippen LogP contribution in [0.2, 0.25) is 0 Å². The maximum absolute atomic E-state index is 12.2. The molecular weight excluding hydrogens is 290 g/mol. The van der Waals surface area contributed by atoms with E-state index in [1.165, 1.54) is 11.2 Å². The van der Waals surface area contributed by atoms with Crippen molar-refractivity contribution >= 4 is 15.9 Å². The van der Waals surface area contributed by atoms with Gasteiger partial charge in [-0.05, 0) is 37.0 Å². The van der Waals surface area contributed by atoms with Crippen LogP contribution in [-0.2, 0) is 16.4 Å². The Morgan fingerprint density at radius 1 is 1.38 bits per heavy atom. The first-order valence-corrected chi connectivity index (χ1v) is 8.93. The van der Waals surface area contributed by atoms with Crippen LogP contribution >= 0.6 is 0 Å². The molecule has 21 heavy (non-hydrogen) atoms. The van der Waals surface area contributed by atoms with Gasteiger partial charge in [-0.3, -0.25) is 4.98 Å². The van der Waals surface area contributed by atoms with E-state index in [2.05, 4.69) is 10.3 Å². The molecule has 1 aromatic heterocycles. The highest BCUT2D eigenvalue weighted by Crippen LogP contribution is 2.28. The first-order chi connectivity index (χ1) is 9.89. The molecule has 1 fully saturated rings. The standard InChI is InChI=1S/C14H21N3O3S/c1-17(12-4-3-5-13(12)21(2,19)20)14(18)16-10-11-6-8-15-9-7-11/h6-9,12-13H,3-5,10H2,1-2H3,(H,16,18). The van der Waals surface area contributed by atoms with Gasteiger partial charge < -0.3 is 10.2 Å². The van der Waals surface area contributed by atoms with Gasteiger partial charge in [0.1, 0.15) is 0 Å². The van der Waals surface area contributed by atoms with Gasteiger partial charge in [0.05, 0.1) is 5.25 Å². The van der Waals surface area contributed by atoms with Gasteiger partial charge in [0.15, 0.2) is 9.84 Å². The van der Waals surface area contributed by atoms with Crippen LogP contribution < -0.4 is 5.32 Å². The fraction of sp³-hybridized carbons (Fsp3) is 0.571. The number of pyridine rings is 1. The second-order valence-corrected chi connectivity index (χ2v) is 7.76. The summed E-state index contributed by atoms with van der Waals surface area (Å²) < 4.78 is 23.6. The second-order valence-electron chi connectivity index (χ2n) is 5.49. The number of nitrogens with one attached hydrogen (secondary N) is 1. The summed E-state index contributed by atoms with van der Waals surface area (Å²) >= 11 is 0. The number of carbonyl (C=O) groups excluding carboxylic acids is 1. The Labute approximate surface area is 125 Å². The molecule has 1 aromatic rings. The van der Waals surface area contributed by atoms with E-state index < -0.39 is 15.1 Å². The van der Waals surface area contributed by atoms with E-state index in [0.717, 1.165) is 18.4 Å². The predicted molar refractivity (Wildman–Crippen MR) is 80.5 cm³/mol. The number of urea groups is 1.